The molecule has 0 atom stereocenters. The van der Waals surface area contributed by atoms with Gasteiger partial charge in [-0.25, -0.2) is 0 Å². The first-order valence-corrected chi connectivity index (χ1v) is 10.5. The highest BCUT2D eigenvalue weighted by molar-refractivity contribution is 5.94. The minimum atomic E-state index is -5.00. The third kappa shape index (κ3) is 6.86. The Bertz CT molecular complexity index is 934. The summed E-state index contributed by atoms with van der Waals surface area (Å²) in [6.07, 6.45) is -6.91. The van der Waals surface area contributed by atoms with Crippen molar-refractivity contribution in [1.82, 2.24) is 10.6 Å². The van der Waals surface area contributed by atoms with E-state index >= 15 is 0 Å². The summed E-state index contributed by atoms with van der Waals surface area (Å²) < 4.78 is 77.9. The Balaban J connectivity index is 1.53. The number of nitrogens with one attached hydrogen (secondary N) is 2. The lowest BCUT2D eigenvalue weighted by molar-refractivity contribution is -0.143. The van der Waals surface area contributed by atoms with E-state index in [4.69, 9.17) is 0 Å². The van der Waals surface area contributed by atoms with Gasteiger partial charge < -0.3 is 15.7 Å². The molecule has 1 amide bonds. The molecule has 180 valence electrons. The van der Waals surface area contributed by atoms with Crippen molar-refractivity contribution in [3.8, 4) is 5.75 Å². The highest BCUT2D eigenvalue weighted by Gasteiger charge is 2.37. The van der Waals surface area contributed by atoms with E-state index in [1.807, 2.05) is 12.1 Å². The summed E-state index contributed by atoms with van der Waals surface area (Å²) in [5.74, 6) is -0.680. The van der Waals surface area contributed by atoms with Gasteiger partial charge in [-0.3, -0.25) is 4.79 Å². The molecule has 1 aliphatic rings. The fourth-order valence-corrected chi connectivity index (χ4v) is 3.91. The first-order valence-electron chi connectivity index (χ1n) is 10.5. The van der Waals surface area contributed by atoms with Crippen LogP contribution in [0.4, 0.5) is 26.3 Å². The second kappa shape index (κ2) is 10.0. The number of para-hydroxylation sites is 1. The molecule has 0 heterocycles. The van der Waals surface area contributed by atoms with Crippen LogP contribution in [-0.2, 0) is 18.9 Å². The van der Waals surface area contributed by atoms with Crippen LogP contribution in [0.1, 0.15) is 52.7 Å². The summed E-state index contributed by atoms with van der Waals surface area (Å²) in [6, 6.07) is 8.09. The summed E-state index contributed by atoms with van der Waals surface area (Å²) in [5.41, 5.74) is -2.92. The van der Waals surface area contributed by atoms with E-state index in [9.17, 15) is 36.2 Å². The lowest BCUT2D eigenvalue weighted by atomic mass is 9.86. The highest BCUT2D eigenvalue weighted by Crippen LogP contribution is 2.36. The van der Waals surface area contributed by atoms with Crippen molar-refractivity contribution in [2.75, 3.05) is 6.54 Å². The molecular formula is C23H24F6N2O2. The lowest BCUT2D eigenvalue weighted by Gasteiger charge is -2.29. The normalized spacial score (nSPS) is 19.3. The average Bonchev–Trinajstić information content (AvgIpc) is 2.76. The van der Waals surface area contributed by atoms with Gasteiger partial charge in [-0.15, -0.1) is 0 Å². The molecule has 2 aromatic rings. The molecule has 0 aromatic heterocycles. The van der Waals surface area contributed by atoms with Crippen LogP contribution in [0.2, 0.25) is 0 Å². The van der Waals surface area contributed by atoms with E-state index in [0.717, 1.165) is 31.2 Å². The van der Waals surface area contributed by atoms with Crippen molar-refractivity contribution < 1.29 is 36.2 Å². The predicted octanol–water partition coefficient (Wildman–Crippen LogP) is 5.51. The number of alkyl halides is 6. The zero-order chi connectivity index (χ0) is 24.2. The first-order chi connectivity index (χ1) is 15.4. The quantitative estimate of drug-likeness (QED) is 0.484. The highest BCUT2D eigenvalue weighted by atomic mass is 19.4. The van der Waals surface area contributed by atoms with E-state index in [-0.39, 0.29) is 30.3 Å². The molecule has 0 aliphatic heterocycles. The number of benzene rings is 2. The maximum absolute atomic E-state index is 13.0. The monoisotopic (exact) mass is 474 g/mol. The van der Waals surface area contributed by atoms with Gasteiger partial charge in [0.1, 0.15) is 5.75 Å². The Morgan fingerprint density at radius 2 is 1.48 bits per heavy atom. The molecule has 3 rings (SSSR count). The Labute approximate surface area is 187 Å². The molecule has 0 spiro atoms. The molecule has 4 nitrogen and oxygen atoms in total. The van der Waals surface area contributed by atoms with Gasteiger partial charge >= 0.3 is 12.4 Å². The molecule has 10 heteroatoms. The van der Waals surface area contributed by atoms with Gasteiger partial charge in [0, 0.05) is 30.3 Å². The maximum atomic E-state index is 13.0. The third-order valence-electron chi connectivity index (χ3n) is 5.82. The van der Waals surface area contributed by atoms with Gasteiger partial charge in [0.15, 0.2) is 0 Å². The SMILES string of the molecule is O=C(NCC1CCC(NCc2ccccc2O)CC1)c1cc(C(F)(F)F)cc(C(F)(F)F)c1. The number of carbonyl (C=O) groups is 1. The molecule has 3 N–H and O–H groups in total. The summed E-state index contributed by atoms with van der Waals surface area (Å²) in [6.45, 7) is 0.679. The first kappa shape index (κ1) is 24.9. The Morgan fingerprint density at radius 3 is 2.03 bits per heavy atom. The molecule has 0 saturated heterocycles. The van der Waals surface area contributed by atoms with Crippen LogP contribution in [0.25, 0.3) is 0 Å². The Kier molecular flexibility index (Phi) is 7.56. The zero-order valence-electron chi connectivity index (χ0n) is 17.6. The number of rotatable bonds is 6. The number of hydrogen-bond acceptors (Lipinski definition) is 3. The molecular weight excluding hydrogens is 450 g/mol. The van der Waals surface area contributed by atoms with Crippen LogP contribution in [0.15, 0.2) is 42.5 Å². The van der Waals surface area contributed by atoms with Crippen molar-refractivity contribution >= 4 is 5.91 Å². The van der Waals surface area contributed by atoms with Crippen molar-refractivity contribution in [3.63, 3.8) is 0 Å². The summed E-state index contributed by atoms with van der Waals surface area (Å²) in [5, 5.41) is 15.7. The largest absolute Gasteiger partial charge is 0.508 e. The smallest absolute Gasteiger partial charge is 0.416 e. The Hall–Kier alpha value is -2.75. The van der Waals surface area contributed by atoms with Gasteiger partial charge in [-0.2, -0.15) is 26.3 Å². The van der Waals surface area contributed by atoms with E-state index in [1.165, 1.54) is 0 Å². The van der Waals surface area contributed by atoms with Gasteiger partial charge in [0.05, 0.1) is 11.1 Å². The van der Waals surface area contributed by atoms with Crippen molar-refractivity contribution in [3.05, 3.63) is 64.7 Å². The second-order valence-corrected chi connectivity index (χ2v) is 8.23. The minimum Gasteiger partial charge on any atom is -0.508 e. The number of carbonyl (C=O) groups excluding carboxylic acids is 1. The fourth-order valence-electron chi connectivity index (χ4n) is 3.91. The molecule has 1 aliphatic carbocycles. The molecule has 0 unspecified atom stereocenters. The van der Waals surface area contributed by atoms with Crippen molar-refractivity contribution in [1.29, 1.82) is 0 Å². The molecule has 2 aromatic carbocycles. The van der Waals surface area contributed by atoms with Crippen LogP contribution >= 0.6 is 0 Å². The van der Waals surface area contributed by atoms with Crippen LogP contribution < -0.4 is 10.6 Å². The molecule has 0 radical (unpaired) electrons. The number of aromatic hydroxyl groups is 1. The number of hydrogen-bond donors (Lipinski definition) is 3. The van der Waals surface area contributed by atoms with Gasteiger partial charge in [0.2, 0.25) is 0 Å². The van der Waals surface area contributed by atoms with Crippen molar-refractivity contribution in [2.24, 2.45) is 5.92 Å². The average molecular weight is 474 g/mol. The summed E-state index contributed by atoms with van der Waals surface area (Å²) >= 11 is 0. The van der Waals surface area contributed by atoms with Crippen LogP contribution in [0, 0.1) is 5.92 Å². The molecule has 0 bridgehead atoms. The standard InChI is InChI=1S/C23H24F6N2O2/c24-22(25,26)17-9-16(10-18(11-17)23(27,28)29)21(33)31-12-14-5-7-19(8-6-14)30-13-15-3-1-2-4-20(15)32/h1-4,9-11,14,19,30,32H,5-8,12-13H2,(H,31,33). The molecule has 1 fully saturated rings. The Morgan fingerprint density at radius 1 is 0.909 bits per heavy atom. The van der Waals surface area contributed by atoms with E-state index < -0.39 is 35.0 Å². The minimum absolute atomic E-state index is 0.000242. The van der Waals surface area contributed by atoms with Gasteiger partial charge in [-0.1, -0.05) is 18.2 Å². The number of phenolic OH excluding ortho intramolecular Hbond substituents is 1. The number of halogens is 6. The van der Waals surface area contributed by atoms with E-state index in [2.05, 4.69) is 10.6 Å². The second-order valence-electron chi connectivity index (χ2n) is 8.23. The lowest BCUT2D eigenvalue weighted by Crippen LogP contribution is -2.36. The predicted molar refractivity (Wildman–Crippen MR) is 109 cm³/mol. The van der Waals surface area contributed by atoms with Gasteiger partial charge in [-0.05, 0) is 55.9 Å². The van der Waals surface area contributed by atoms with Crippen LogP contribution in [0.5, 0.6) is 5.75 Å². The van der Waals surface area contributed by atoms with Gasteiger partial charge in [0.25, 0.3) is 5.91 Å². The topological polar surface area (TPSA) is 61.4 Å². The van der Waals surface area contributed by atoms with Crippen LogP contribution in [-0.4, -0.2) is 23.6 Å². The molecule has 1 saturated carbocycles. The summed E-state index contributed by atoms with van der Waals surface area (Å²) in [4.78, 5) is 12.3. The zero-order valence-corrected chi connectivity index (χ0v) is 17.6. The number of phenols is 1. The van der Waals surface area contributed by atoms with Crippen LogP contribution in [0.3, 0.4) is 0 Å². The molecule has 33 heavy (non-hydrogen) atoms. The maximum Gasteiger partial charge on any atom is 0.416 e. The fraction of sp³-hybridized carbons (Fsp3) is 0.435. The summed E-state index contributed by atoms with van der Waals surface area (Å²) in [7, 11) is 0. The number of amides is 1. The van der Waals surface area contributed by atoms with E-state index in [1.54, 1.807) is 12.1 Å². The van der Waals surface area contributed by atoms with Crippen molar-refractivity contribution in [2.45, 2.75) is 50.6 Å². The van der Waals surface area contributed by atoms with E-state index in [0.29, 0.717) is 18.7 Å². The third-order valence-corrected chi connectivity index (χ3v) is 5.82.